The average molecular weight is 314 g/mol. The van der Waals surface area contributed by atoms with E-state index >= 15 is 0 Å². The number of aromatic nitrogens is 3. The lowest BCUT2D eigenvalue weighted by Crippen LogP contribution is -2.38. The molecule has 126 valence electrons. The van der Waals surface area contributed by atoms with Crippen molar-refractivity contribution in [3.05, 3.63) is 11.6 Å². The van der Waals surface area contributed by atoms with Crippen molar-refractivity contribution in [3.8, 4) is 0 Å². The maximum atomic E-state index is 12.2. The van der Waals surface area contributed by atoms with Gasteiger partial charge in [0, 0.05) is 33.4 Å². The summed E-state index contributed by atoms with van der Waals surface area (Å²) in [4.78, 5) is 4.47. The summed E-state index contributed by atoms with van der Waals surface area (Å²) in [6.45, 7) is 6.69. The van der Waals surface area contributed by atoms with Gasteiger partial charge in [0.05, 0.1) is 6.67 Å². The molecule has 2 N–H and O–H groups in total. The molecule has 0 spiro atoms. The fourth-order valence-corrected chi connectivity index (χ4v) is 1.71. The van der Waals surface area contributed by atoms with Crippen LogP contribution in [-0.4, -0.2) is 53.7 Å². The summed E-state index contributed by atoms with van der Waals surface area (Å²) in [6, 6.07) is 0. The molecule has 0 atom stereocenters. The average Bonchev–Trinajstić information content (AvgIpc) is 2.83. The maximum absolute atomic E-state index is 12.2. The molecule has 0 aliphatic rings. The van der Waals surface area contributed by atoms with Crippen molar-refractivity contribution >= 4 is 5.96 Å². The SMILES string of the molecule is CCOCCCNC(=NCc1nnc(C)n1C)NCCCF. The van der Waals surface area contributed by atoms with E-state index in [1.807, 2.05) is 25.5 Å². The molecule has 0 saturated heterocycles. The van der Waals surface area contributed by atoms with Gasteiger partial charge in [-0.05, 0) is 26.7 Å². The predicted molar refractivity (Wildman–Crippen MR) is 84.6 cm³/mol. The first-order valence-corrected chi connectivity index (χ1v) is 7.69. The highest BCUT2D eigenvalue weighted by Gasteiger charge is 2.05. The maximum Gasteiger partial charge on any atom is 0.191 e. The molecule has 0 aliphatic heterocycles. The third-order valence-corrected chi connectivity index (χ3v) is 3.13. The third kappa shape index (κ3) is 6.84. The molecule has 1 rings (SSSR count). The van der Waals surface area contributed by atoms with Crippen LogP contribution in [0, 0.1) is 6.92 Å². The van der Waals surface area contributed by atoms with Crippen molar-refractivity contribution in [2.75, 3.05) is 33.0 Å². The number of aryl methyl sites for hydroxylation is 1. The molecule has 7 nitrogen and oxygen atoms in total. The number of ether oxygens (including phenoxy) is 1. The summed E-state index contributed by atoms with van der Waals surface area (Å²) in [5.41, 5.74) is 0. The number of hydrogen-bond donors (Lipinski definition) is 2. The zero-order valence-electron chi connectivity index (χ0n) is 13.7. The first-order valence-electron chi connectivity index (χ1n) is 7.69. The van der Waals surface area contributed by atoms with Crippen LogP contribution in [-0.2, 0) is 18.3 Å². The molecule has 0 aromatic carbocycles. The van der Waals surface area contributed by atoms with Gasteiger partial charge in [-0.3, -0.25) is 4.39 Å². The molecule has 0 unspecified atom stereocenters. The van der Waals surface area contributed by atoms with Crippen molar-refractivity contribution in [1.82, 2.24) is 25.4 Å². The summed E-state index contributed by atoms with van der Waals surface area (Å²) in [7, 11) is 1.91. The van der Waals surface area contributed by atoms with Crippen molar-refractivity contribution < 1.29 is 9.13 Å². The Balaban J connectivity index is 2.48. The van der Waals surface area contributed by atoms with Gasteiger partial charge in [0.25, 0.3) is 0 Å². The van der Waals surface area contributed by atoms with Crippen LogP contribution in [0.5, 0.6) is 0 Å². The number of alkyl halides is 1. The minimum atomic E-state index is -0.340. The molecular formula is C14H27FN6O. The van der Waals surface area contributed by atoms with Gasteiger partial charge in [-0.15, -0.1) is 10.2 Å². The largest absolute Gasteiger partial charge is 0.382 e. The molecular weight excluding hydrogens is 287 g/mol. The van der Waals surface area contributed by atoms with Crippen LogP contribution in [0.2, 0.25) is 0 Å². The normalized spacial score (nSPS) is 11.7. The zero-order valence-corrected chi connectivity index (χ0v) is 13.7. The Bertz CT molecular complexity index is 449. The van der Waals surface area contributed by atoms with Crippen LogP contribution in [0.25, 0.3) is 0 Å². The lowest BCUT2D eigenvalue weighted by atomic mass is 10.4. The zero-order chi connectivity index (χ0) is 16.2. The third-order valence-electron chi connectivity index (χ3n) is 3.13. The Morgan fingerprint density at radius 1 is 1.27 bits per heavy atom. The van der Waals surface area contributed by atoms with Gasteiger partial charge in [0.15, 0.2) is 11.8 Å². The highest BCUT2D eigenvalue weighted by Crippen LogP contribution is 1.99. The van der Waals surface area contributed by atoms with Gasteiger partial charge in [-0.2, -0.15) is 0 Å². The van der Waals surface area contributed by atoms with Crippen LogP contribution in [0.1, 0.15) is 31.4 Å². The van der Waals surface area contributed by atoms with Gasteiger partial charge in [0.1, 0.15) is 12.4 Å². The Kier molecular flexibility index (Phi) is 9.13. The van der Waals surface area contributed by atoms with Crippen LogP contribution < -0.4 is 10.6 Å². The number of guanidine groups is 1. The Morgan fingerprint density at radius 2 is 2.00 bits per heavy atom. The number of halogens is 1. The fourth-order valence-electron chi connectivity index (χ4n) is 1.71. The quantitative estimate of drug-likeness (QED) is 0.382. The summed E-state index contributed by atoms with van der Waals surface area (Å²) >= 11 is 0. The minimum absolute atomic E-state index is 0.340. The van der Waals surface area contributed by atoms with E-state index in [0.29, 0.717) is 32.1 Å². The summed E-state index contributed by atoms with van der Waals surface area (Å²) in [5.74, 6) is 2.30. The summed E-state index contributed by atoms with van der Waals surface area (Å²) < 4.78 is 19.4. The number of nitrogens with zero attached hydrogens (tertiary/aromatic N) is 4. The van der Waals surface area contributed by atoms with Crippen LogP contribution in [0.4, 0.5) is 4.39 Å². The van der Waals surface area contributed by atoms with E-state index in [0.717, 1.165) is 31.2 Å². The highest BCUT2D eigenvalue weighted by atomic mass is 19.1. The Morgan fingerprint density at radius 3 is 2.59 bits per heavy atom. The van der Waals surface area contributed by atoms with Gasteiger partial charge in [-0.1, -0.05) is 0 Å². The predicted octanol–water partition coefficient (Wildman–Crippen LogP) is 0.945. The molecule has 0 radical (unpaired) electrons. The second-order valence-corrected chi connectivity index (χ2v) is 4.83. The summed E-state index contributed by atoms with van der Waals surface area (Å²) in [5, 5.41) is 14.4. The molecule has 0 saturated carbocycles. The monoisotopic (exact) mass is 314 g/mol. The van der Waals surface area contributed by atoms with Gasteiger partial charge >= 0.3 is 0 Å². The van der Waals surface area contributed by atoms with Crippen molar-refractivity contribution in [2.24, 2.45) is 12.0 Å². The van der Waals surface area contributed by atoms with E-state index in [9.17, 15) is 4.39 Å². The molecule has 0 aliphatic carbocycles. The van der Waals surface area contributed by atoms with Crippen LogP contribution in [0.3, 0.4) is 0 Å². The van der Waals surface area contributed by atoms with Crippen LogP contribution in [0.15, 0.2) is 4.99 Å². The smallest absolute Gasteiger partial charge is 0.191 e. The second kappa shape index (κ2) is 10.9. The van der Waals surface area contributed by atoms with E-state index < -0.39 is 0 Å². The van der Waals surface area contributed by atoms with Crippen molar-refractivity contribution in [2.45, 2.75) is 33.2 Å². The Labute approximate surface area is 131 Å². The highest BCUT2D eigenvalue weighted by molar-refractivity contribution is 5.79. The molecule has 22 heavy (non-hydrogen) atoms. The molecule has 0 amide bonds. The first kappa shape index (κ1) is 18.3. The molecule has 1 heterocycles. The number of nitrogens with one attached hydrogen (secondary N) is 2. The topological polar surface area (TPSA) is 76.4 Å². The van der Waals surface area contributed by atoms with Gasteiger partial charge in [-0.25, -0.2) is 4.99 Å². The minimum Gasteiger partial charge on any atom is -0.382 e. The lowest BCUT2D eigenvalue weighted by molar-refractivity contribution is 0.145. The van der Waals surface area contributed by atoms with Crippen molar-refractivity contribution in [1.29, 1.82) is 0 Å². The van der Waals surface area contributed by atoms with Gasteiger partial charge < -0.3 is 19.9 Å². The van der Waals surface area contributed by atoms with Gasteiger partial charge in [0.2, 0.25) is 0 Å². The van der Waals surface area contributed by atoms with E-state index in [2.05, 4.69) is 25.8 Å². The molecule has 1 aromatic heterocycles. The lowest BCUT2D eigenvalue weighted by Gasteiger charge is -2.12. The molecule has 1 aromatic rings. The number of aliphatic imine (C=N–C) groups is 1. The standard InChI is InChI=1S/C14H27FN6O/c1-4-22-10-6-9-17-14(16-8-5-7-15)18-11-13-20-19-12(2)21(13)3/h4-11H2,1-3H3,(H2,16,17,18). The Hall–Kier alpha value is -1.70. The number of hydrogen-bond acceptors (Lipinski definition) is 4. The van der Waals surface area contributed by atoms with E-state index in [-0.39, 0.29) is 6.67 Å². The van der Waals surface area contributed by atoms with E-state index in [4.69, 9.17) is 4.74 Å². The van der Waals surface area contributed by atoms with E-state index in [1.165, 1.54) is 0 Å². The molecule has 8 heteroatoms. The molecule has 0 bridgehead atoms. The molecule has 0 fully saturated rings. The van der Waals surface area contributed by atoms with Crippen molar-refractivity contribution in [3.63, 3.8) is 0 Å². The van der Waals surface area contributed by atoms with Crippen LogP contribution >= 0.6 is 0 Å². The van der Waals surface area contributed by atoms with E-state index in [1.54, 1.807) is 0 Å². The second-order valence-electron chi connectivity index (χ2n) is 4.83. The number of rotatable bonds is 10. The fraction of sp³-hybridized carbons (Fsp3) is 0.786. The summed E-state index contributed by atoms with van der Waals surface area (Å²) in [6.07, 6.45) is 1.35. The first-order chi connectivity index (χ1) is 10.7.